The third kappa shape index (κ3) is 2.68. The molecule has 0 aliphatic carbocycles. The van der Waals surface area contributed by atoms with Crippen molar-refractivity contribution >= 4 is 5.91 Å². The van der Waals surface area contributed by atoms with Crippen LogP contribution >= 0.6 is 0 Å². The van der Waals surface area contributed by atoms with Gasteiger partial charge in [0.25, 0.3) is 5.91 Å². The van der Waals surface area contributed by atoms with Gasteiger partial charge in [-0.05, 0) is 12.8 Å². The molecule has 0 spiro atoms. The highest BCUT2D eigenvalue weighted by atomic mass is 16.5. The van der Waals surface area contributed by atoms with Crippen molar-refractivity contribution in [3.05, 3.63) is 54.3 Å². The van der Waals surface area contributed by atoms with E-state index in [0.29, 0.717) is 17.8 Å². The SMILES string of the molecule is O=C(c1conc1-c1ccccc1)N1CCCC(c2ncn[nH]2)C1. The average Bonchev–Trinajstić information content (AvgIpc) is 3.34. The second-order valence-corrected chi connectivity index (χ2v) is 5.90. The molecule has 0 bridgehead atoms. The molecule has 1 amide bonds. The number of nitrogens with one attached hydrogen (secondary N) is 1. The van der Waals surface area contributed by atoms with Gasteiger partial charge in [0.15, 0.2) is 0 Å². The number of benzene rings is 1. The first-order valence-electron chi connectivity index (χ1n) is 7.97. The highest BCUT2D eigenvalue weighted by molar-refractivity contribution is 5.99. The number of piperidine rings is 1. The predicted octanol–water partition coefficient (Wildman–Crippen LogP) is 2.48. The molecule has 1 aromatic carbocycles. The quantitative estimate of drug-likeness (QED) is 0.800. The van der Waals surface area contributed by atoms with E-state index in [1.807, 2.05) is 35.2 Å². The van der Waals surface area contributed by atoms with Crippen LogP contribution in [0.25, 0.3) is 11.3 Å². The molecule has 0 radical (unpaired) electrons. The number of nitrogens with zero attached hydrogens (tertiary/aromatic N) is 4. The average molecular weight is 323 g/mol. The van der Waals surface area contributed by atoms with Crippen LogP contribution in [0.1, 0.15) is 34.9 Å². The van der Waals surface area contributed by atoms with Gasteiger partial charge in [-0.2, -0.15) is 5.10 Å². The lowest BCUT2D eigenvalue weighted by Gasteiger charge is -2.31. The summed E-state index contributed by atoms with van der Waals surface area (Å²) in [6.45, 7) is 1.34. The fourth-order valence-electron chi connectivity index (χ4n) is 3.16. The zero-order chi connectivity index (χ0) is 16.4. The number of carbonyl (C=O) groups is 1. The fraction of sp³-hybridized carbons (Fsp3) is 0.294. The first-order valence-corrected chi connectivity index (χ1v) is 7.97. The van der Waals surface area contributed by atoms with Gasteiger partial charge in [0.05, 0.1) is 0 Å². The summed E-state index contributed by atoms with van der Waals surface area (Å²) >= 11 is 0. The van der Waals surface area contributed by atoms with Crippen LogP contribution in [0.5, 0.6) is 0 Å². The zero-order valence-corrected chi connectivity index (χ0v) is 13.1. The Hall–Kier alpha value is -2.96. The largest absolute Gasteiger partial charge is 0.363 e. The van der Waals surface area contributed by atoms with E-state index < -0.39 is 0 Å². The summed E-state index contributed by atoms with van der Waals surface area (Å²) < 4.78 is 5.09. The molecular weight excluding hydrogens is 306 g/mol. The van der Waals surface area contributed by atoms with Crippen LogP contribution < -0.4 is 0 Å². The summed E-state index contributed by atoms with van der Waals surface area (Å²) in [6.07, 6.45) is 4.86. The molecule has 1 saturated heterocycles. The Balaban J connectivity index is 1.57. The molecule has 1 fully saturated rings. The van der Waals surface area contributed by atoms with Crippen LogP contribution in [0.15, 0.2) is 47.4 Å². The van der Waals surface area contributed by atoms with Crippen LogP contribution in [-0.2, 0) is 0 Å². The molecule has 7 nitrogen and oxygen atoms in total. The van der Waals surface area contributed by atoms with Gasteiger partial charge in [0, 0.05) is 24.6 Å². The first-order chi connectivity index (χ1) is 11.8. The van der Waals surface area contributed by atoms with E-state index in [1.165, 1.54) is 12.6 Å². The molecule has 1 aliphatic heterocycles. The summed E-state index contributed by atoms with van der Waals surface area (Å²) in [6, 6.07) is 9.60. The van der Waals surface area contributed by atoms with Crippen molar-refractivity contribution in [1.82, 2.24) is 25.2 Å². The number of amides is 1. The number of aromatic nitrogens is 4. The maximum Gasteiger partial charge on any atom is 0.259 e. The van der Waals surface area contributed by atoms with Crippen LogP contribution in [0.4, 0.5) is 0 Å². The minimum atomic E-state index is -0.0562. The van der Waals surface area contributed by atoms with E-state index in [4.69, 9.17) is 4.52 Å². The van der Waals surface area contributed by atoms with Crippen molar-refractivity contribution in [3.63, 3.8) is 0 Å². The first kappa shape index (κ1) is 14.6. The van der Waals surface area contributed by atoms with Crippen molar-refractivity contribution in [1.29, 1.82) is 0 Å². The predicted molar refractivity (Wildman–Crippen MR) is 86.2 cm³/mol. The van der Waals surface area contributed by atoms with Crippen LogP contribution in [0.2, 0.25) is 0 Å². The van der Waals surface area contributed by atoms with Crippen molar-refractivity contribution in [2.75, 3.05) is 13.1 Å². The Morgan fingerprint density at radius 2 is 2.17 bits per heavy atom. The highest BCUT2D eigenvalue weighted by Crippen LogP contribution is 2.28. The van der Waals surface area contributed by atoms with E-state index in [0.717, 1.165) is 30.8 Å². The summed E-state index contributed by atoms with van der Waals surface area (Å²) in [5.74, 6) is 0.964. The van der Waals surface area contributed by atoms with Gasteiger partial charge in [0.2, 0.25) is 0 Å². The summed E-state index contributed by atoms with van der Waals surface area (Å²) in [7, 11) is 0. The maximum atomic E-state index is 12.9. The van der Waals surface area contributed by atoms with Gasteiger partial charge in [-0.3, -0.25) is 9.89 Å². The monoisotopic (exact) mass is 323 g/mol. The minimum absolute atomic E-state index is 0.0562. The molecule has 122 valence electrons. The molecule has 3 heterocycles. The van der Waals surface area contributed by atoms with Crippen LogP contribution in [-0.4, -0.2) is 44.2 Å². The molecule has 1 atom stereocenters. The lowest BCUT2D eigenvalue weighted by Crippen LogP contribution is -2.39. The standard InChI is InChI=1S/C17H17N5O2/c23-17(14-10-24-21-15(14)12-5-2-1-3-6-12)22-8-4-7-13(9-22)16-18-11-19-20-16/h1-3,5-6,10-11,13H,4,7-9H2,(H,18,19,20). The van der Waals surface area contributed by atoms with E-state index in [-0.39, 0.29) is 11.8 Å². The highest BCUT2D eigenvalue weighted by Gasteiger charge is 2.29. The summed E-state index contributed by atoms with van der Waals surface area (Å²) in [5, 5.41) is 10.8. The van der Waals surface area contributed by atoms with Gasteiger partial charge in [-0.15, -0.1) is 0 Å². The molecule has 4 rings (SSSR count). The van der Waals surface area contributed by atoms with Gasteiger partial charge in [0.1, 0.15) is 29.7 Å². The van der Waals surface area contributed by atoms with Gasteiger partial charge in [-0.1, -0.05) is 35.5 Å². The Morgan fingerprint density at radius 3 is 2.96 bits per heavy atom. The number of carbonyl (C=O) groups excluding carboxylic acids is 1. The Bertz CT molecular complexity index is 813. The van der Waals surface area contributed by atoms with Gasteiger partial charge >= 0.3 is 0 Å². The minimum Gasteiger partial charge on any atom is -0.363 e. The third-order valence-corrected chi connectivity index (χ3v) is 4.38. The van der Waals surface area contributed by atoms with Crippen molar-refractivity contribution in [2.24, 2.45) is 0 Å². The molecule has 7 heteroatoms. The van der Waals surface area contributed by atoms with E-state index >= 15 is 0 Å². The smallest absolute Gasteiger partial charge is 0.259 e. The van der Waals surface area contributed by atoms with E-state index in [2.05, 4.69) is 20.3 Å². The Kier molecular flexibility index (Phi) is 3.82. The lowest BCUT2D eigenvalue weighted by molar-refractivity contribution is 0.0704. The van der Waals surface area contributed by atoms with Crippen molar-refractivity contribution in [3.8, 4) is 11.3 Å². The number of aromatic amines is 1. The second-order valence-electron chi connectivity index (χ2n) is 5.90. The second kappa shape index (κ2) is 6.27. The number of rotatable bonds is 3. The van der Waals surface area contributed by atoms with Crippen LogP contribution in [0.3, 0.4) is 0 Å². The number of hydrogen-bond donors (Lipinski definition) is 1. The number of H-pyrrole nitrogens is 1. The normalized spacial score (nSPS) is 17.8. The summed E-state index contributed by atoms with van der Waals surface area (Å²) in [5.41, 5.74) is 1.96. The van der Waals surface area contributed by atoms with Crippen LogP contribution in [0, 0.1) is 0 Å². The molecular formula is C17H17N5O2. The summed E-state index contributed by atoms with van der Waals surface area (Å²) in [4.78, 5) is 19.0. The molecule has 0 saturated carbocycles. The van der Waals surface area contributed by atoms with Crippen molar-refractivity contribution < 1.29 is 9.32 Å². The number of likely N-dealkylation sites (tertiary alicyclic amines) is 1. The third-order valence-electron chi connectivity index (χ3n) is 4.38. The maximum absolute atomic E-state index is 12.9. The fourth-order valence-corrected chi connectivity index (χ4v) is 3.16. The Labute approximate surface area is 138 Å². The molecule has 1 unspecified atom stereocenters. The molecule has 24 heavy (non-hydrogen) atoms. The molecule has 1 aliphatic rings. The topological polar surface area (TPSA) is 87.9 Å². The van der Waals surface area contributed by atoms with E-state index in [9.17, 15) is 4.79 Å². The van der Waals surface area contributed by atoms with E-state index in [1.54, 1.807) is 0 Å². The van der Waals surface area contributed by atoms with Gasteiger partial charge < -0.3 is 9.42 Å². The number of hydrogen-bond acceptors (Lipinski definition) is 5. The van der Waals surface area contributed by atoms with Crippen molar-refractivity contribution in [2.45, 2.75) is 18.8 Å². The molecule has 1 N–H and O–H groups in total. The molecule has 3 aromatic rings. The lowest BCUT2D eigenvalue weighted by atomic mass is 9.96. The zero-order valence-electron chi connectivity index (χ0n) is 13.1. The molecule has 2 aromatic heterocycles. The Morgan fingerprint density at radius 1 is 1.29 bits per heavy atom. The van der Waals surface area contributed by atoms with Gasteiger partial charge in [-0.25, -0.2) is 4.98 Å².